The molecule has 0 saturated heterocycles. The van der Waals surface area contributed by atoms with E-state index in [4.69, 9.17) is 16.3 Å². The van der Waals surface area contributed by atoms with E-state index in [1.54, 1.807) is 7.11 Å². The van der Waals surface area contributed by atoms with E-state index in [9.17, 15) is 0 Å². The van der Waals surface area contributed by atoms with E-state index in [-0.39, 0.29) is 0 Å². The lowest BCUT2D eigenvalue weighted by Crippen LogP contribution is -2.36. The molecule has 0 saturated carbocycles. The van der Waals surface area contributed by atoms with Crippen molar-refractivity contribution < 1.29 is 4.74 Å². The highest BCUT2D eigenvalue weighted by Gasteiger charge is 2.17. The van der Waals surface area contributed by atoms with E-state index in [1.165, 1.54) is 11.1 Å². The second kappa shape index (κ2) is 4.97. The summed E-state index contributed by atoms with van der Waals surface area (Å²) in [5.41, 5.74) is 2.75. The van der Waals surface area contributed by atoms with Crippen LogP contribution in [0.25, 0.3) is 0 Å². The van der Waals surface area contributed by atoms with Gasteiger partial charge >= 0.3 is 0 Å². The van der Waals surface area contributed by atoms with Crippen molar-refractivity contribution in [1.29, 1.82) is 0 Å². The molecule has 15 heavy (non-hydrogen) atoms. The second-order valence-corrected chi connectivity index (χ2v) is 4.41. The highest BCUT2D eigenvalue weighted by atomic mass is 35.5. The molecule has 1 N–H and O–H groups in total. The third kappa shape index (κ3) is 2.71. The molecule has 1 heterocycles. The van der Waals surface area contributed by atoms with Gasteiger partial charge in [0.2, 0.25) is 0 Å². The first kappa shape index (κ1) is 10.9. The summed E-state index contributed by atoms with van der Waals surface area (Å²) < 4.78 is 5.09. The molecular formula is C12H16ClNO. The molecule has 1 aliphatic heterocycles. The highest BCUT2D eigenvalue weighted by Crippen LogP contribution is 2.21. The zero-order valence-electron chi connectivity index (χ0n) is 8.92. The second-order valence-electron chi connectivity index (χ2n) is 3.98. The third-order valence-electron chi connectivity index (χ3n) is 2.89. The maximum atomic E-state index is 5.98. The maximum absolute atomic E-state index is 5.98. The molecule has 0 bridgehead atoms. The van der Waals surface area contributed by atoms with Crippen LogP contribution < -0.4 is 5.32 Å². The molecule has 0 fully saturated rings. The molecule has 82 valence electrons. The van der Waals surface area contributed by atoms with E-state index in [0.717, 1.165) is 31.0 Å². The fourth-order valence-corrected chi connectivity index (χ4v) is 2.21. The van der Waals surface area contributed by atoms with Crippen LogP contribution in [0.1, 0.15) is 17.5 Å². The van der Waals surface area contributed by atoms with Gasteiger partial charge in [0, 0.05) is 31.3 Å². The molecule has 0 radical (unpaired) electrons. The van der Waals surface area contributed by atoms with Crippen molar-refractivity contribution in [3.05, 3.63) is 34.3 Å². The fourth-order valence-electron chi connectivity index (χ4n) is 2.01. The summed E-state index contributed by atoms with van der Waals surface area (Å²) in [6.07, 6.45) is 2.11. The summed E-state index contributed by atoms with van der Waals surface area (Å²) >= 11 is 5.98. The number of methoxy groups -OCH3 is 1. The van der Waals surface area contributed by atoms with Crippen LogP contribution in [0.15, 0.2) is 18.2 Å². The minimum atomic E-state index is 0.524. The van der Waals surface area contributed by atoms with Crippen molar-refractivity contribution >= 4 is 11.6 Å². The van der Waals surface area contributed by atoms with Gasteiger partial charge in [-0.05, 0) is 36.1 Å². The molecule has 2 nitrogen and oxygen atoms in total. The molecule has 1 atom stereocenters. The summed E-state index contributed by atoms with van der Waals surface area (Å²) in [5, 5.41) is 4.34. The van der Waals surface area contributed by atoms with Crippen molar-refractivity contribution in [1.82, 2.24) is 5.32 Å². The van der Waals surface area contributed by atoms with Gasteiger partial charge in [0.15, 0.2) is 0 Å². The predicted octanol–water partition coefficient (Wildman–Crippen LogP) is 2.39. The molecule has 1 unspecified atom stereocenters. The Morgan fingerprint density at radius 1 is 1.47 bits per heavy atom. The Balaban J connectivity index is 2.05. The van der Waals surface area contributed by atoms with Crippen LogP contribution in [0.4, 0.5) is 0 Å². The van der Waals surface area contributed by atoms with E-state index < -0.39 is 0 Å². The quantitative estimate of drug-likeness (QED) is 0.853. The Morgan fingerprint density at radius 3 is 3.13 bits per heavy atom. The van der Waals surface area contributed by atoms with Crippen LogP contribution in [0.2, 0.25) is 5.02 Å². The normalized spacial score (nSPS) is 20.0. The molecule has 0 aromatic heterocycles. The van der Waals surface area contributed by atoms with Gasteiger partial charge in [0.25, 0.3) is 0 Å². The topological polar surface area (TPSA) is 21.3 Å². The molecule has 2 rings (SSSR count). The van der Waals surface area contributed by atoms with E-state index in [2.05, 4.69) is 17.4 Å². The summed E-state index contributed by atoms with van der Waals surface area (Å²) in [6, 6.07) is 6.67. The zero-order valence-corrected chi connectivity index (χ0v) is 9.68. The van der Waals surface area contributed by atoms with Gasteiger partial charge in [-0.1, -0.05) is 17.7 Å². The Morgan fingerprint density at radius 2 is 2.33 bits per heavy atom. The first-order chi connectivity index (χ1) is 7.29. The van der Waals surface area contributed by atoms with Crippen molar-refractivity contribution in [2.24, 2.45) is 0 Å². The Labute approximate surface area is 95.6 Å². The smallest absolute Gasteiger partial charge is 0.0477 e. The number of fused-ring (bicyclic) bond motifs is 1. The summed E-state index contributed by atoms with van der Waals surface area (Å²) in [4.78, 5) is 0. The zero-order chi connectivity index (χ0) is 10.7. The van der Waals surface area contributed by atoms with E-state index in [0.29, 0.717) is 6.04 Å². The standard InChI is InChI=1S/C12H16ClNO/c1-15-5-4-12-7-10-6-11(13)3-2-9(10)8-14-12/h2-3,6,12,14H,4-5,7-8H2,1H3. The monoisotopic (exact) mass is 225 g/mol. The van der Waals surface area contributed by atoms with Gasteiger partial charge in [-0.25, -0.2) is 0 Å². The third-order valence-corrected chi connectivity index (χ3v) is 3.12. The van der Waals surface area contributed by atoms with E-state index in [1.807, 2.05) is 6.07 Å². The minimum absolute atomic E-state index is 0.524. The largest absolute Gasteiger partial charge is 0.385 e. The molecule has 1 aromatic rings. The lowest BCUT2D eigenvalue weighted by molar-refractivity contribution is 0.181. The first-order valence-electron chi connectivity index (χ1n) is 5.29. The summed E-state index contributed by atoms with van der Waals surface area (Å²) in [7, 11) is 1.74. The van der Waals surface area contributed by atoms with Crippen LogP contribution in [-0.2, 0) is 17.7 Å². The van der Waals surface area contributed by atoms with E-state index >= 15 is 0 Å². The Bertz CT molecular complexity index is 340. The van der Waals surface area contributed by atoms with Crippen molar-refractivity contribution in [2.75, 3.05) is 13.7 Å². The molecular weight excluding hydrogens is 210 g/mol. The Hall–Kier alpha value is -0.570. The summed E-state index contributed by atoms with van der Waals surface area (Å²) in [5.74, 6) is 0. The number of hydrogen-bond acceptors (Lipinski definition) is 2. The van der Waals surface area contributed by atoms with Gasteiger partial charge in [-0.15, -0.1) is 0 Å². The van der Waals surface area contributed by atoms with Gasteiger partial charge in [-0.2, -0.15) is 0 Å². The van der Waals surface area contributed by atoms with Crippen LogP contribution in [-0.4, -0.2) is 19.8 Å². The number of nitrogens with one attached hydrogen (secondary N) is 1. The molecule has 0 spiro atoms. The molecule has 3 heteroatoms. The van der Waals surface area contributed by atoms with Gasteiger partial charge in [0.1, 0.15) is 0 Å². The van der Waals surface area contributed by atoms with Crippen LogP contribution in [0.3, 0.4) is 0 Å². The Kier molecular flexibility index (Phi) is 3.62. The van der Waals surface area contributed by atoms with Crippen LogP contribution in [0.5, 0.6) is 0 Å². The van der Waals surface area contributed by atoms with Crippen molar-refractivity contribution in [3.63, 3.8) is 0 Å². The van der Waals surface area contributed by atoms with Gasteiger partial charge in [-0.3, -0.25) is 0 Å². The maximum Gasteiger partial charge on any atom is 0.0477 e. The number of rotatable bonds is 3. The molecule has 1 aliphatic rings. The minimum Gasteiger partial charge on any atom is -0.385 e. The summed E-state index contributed by atoms with van der Waals surface area (Å²) in [6.45, 7) is 1.76. The molecule has 1 aromatic carbocycles. The predicted molar refractivity (Wildman–Crippen MR) is 62.3 cm³/mol. The van der Waals surface area contributed by atoms with Crippen LogP contribution in [0, 0.1) is 0 Å². The number of halogens is 1. The molecule has 0 aliphatic carbocycles. The van der Waals surface area contributed by atoms with Crippen molar-refractivity contribution in [3.8, 4) is 0 Å². The van der Waals surface area contributed by atoms with Gasteiger partial charge < -0.3 is 10.1 Å². The average molecular weight is 226 g/mol. The van der Waals surface area contributed by atoms with Crippen LogP contribution >= 0.6 is 11.6 Å². The average Bonchev–Trinajstić information content (AvgIpc) is 2.25. The highest BCUT2D eigenvalue weighted by molar-refractivity contribution is 6.30. The fraction of sp³-hybridized carbons (Fsp3) is 0.500. The SMILES string of the molecule is COCCC1Cc2cc(Cl)ccc2CN1. The lowest BCUT2D eigenvalue weighted by atomic mass is 9.94. The molecule has 0 amide bonds. The van der Waals surface area contributed by atoms with Gasteiger partial charge in [0.05, 0.1) is 0 Å². The first-order valence-corrected chi connectivity index (χ1v) is 5.67. The van der Waals surface area contributed by atoms with Crippen molar-refractivity contribution in [2.45, 2.75) is 25.4 Å². The number of benzene rings is 1. The lowest BCUT2D eigenvalue weighted by Gasteiger charge is -2.26. The number of ether oxygens (including phenoxy) is 1. The number of hydrogen-bond donors (Lipinski definition) is 1.